The summed E-state index contributed by atoms with van der Waals surface area (Å²) in [5, 5.41) is 9.83. The Bertz CT molecular complexity index is 768. The number of pyridine rings is 1. The summed E-state index contributed by atoms with van der Waals surface area (Å²) >= 11 is 0. The van der Waals surface area contributed by atoms with Gasteiger partial charge in [0.05, 0.1) is 29.3 Å². The van der Waals surface area contributed by atoms with Crippen LogP contribution >= 0.6 is 0 Å². The van der Waals surface area contributed by atoms with Crippen LogP contribution in [0.15, 0.2) is 18.3 Å². The summed E-state index contributed by atoms with van der Waals surface area (Å²) < 4.78 is 43.5. The first-order valence-corrected chi connectivity index (χ1v) is 10.4. The highest BCUT2D eigenvalue weighted by molar-refractivity contribution is 5.67. The van der Waals surface area contributed by atoms with Crippen molar-refractivity contribution in [2.45, 2.75) is 56.7 Å². The molecule has 0 bridgehead atoms. The number of hydrogen-bond acceptors (Lipinski definition) is 5. The molecule has 0 unspecified atom stereocenters. The summed E-state index contributed by atoms with van der Waals surface area (Å²) in [5.74, 6) is 0. The molecular weight excluding hydrogens is 397 g/mol. The molecule has 164 valence electrons. The van der Waals surface area contributed by atoms with Gasteiger partial charge in [-0.1, -0.05) is 0 Å². The van der Waals surface area contributed by atoms with Crippen LogP contribution in [-0.2, 0) is 16.3 Å². The number of nitrogens with zero attached hydrogens (tertiary/aromatic N) is 4. The standard InChI is InChI=1S/C21H27F3N4O2/c1-2-30-19(29)28-11-3-10-27(12-13-28)17-6-8-20(15-25,9-7-17)18-5-4-16(14-26-18)21(22,23)24/h4-5,14,17H,2-3,6-13H2,1H3. The third-order valence-corrected chi connectivity index (χ3v) is 6.18. The summed E-state index contributed by atoms with van der Waals surface area (Å²) in [6.45, 7) is 5.05. The minimum absolute atomic E-state index is 0.278. The Hall–Kier alpha value is -2.34. The van der Waals surface area contributed by atoms with Crippen molar-refractivity contribution in [1.29, 1.82) is 5.26 Å². The molecule has 3 rings (SSSR count). The van der Waals surface area contributed by atoms with Gasteiger partial charge in [-0.15, -0.1) is 0 Å². The lowest BCUT2D eigenvalue weighted by Crippen LogP contribution is -2.44. The van der Waals surface area contributed by atoms with Gasteiger partial charge in [-0.2, -0.15) is 18.4 Å². The van der Waals surface area contributed by atoms with E-state index in [1.807, 2.05) is 0 Å². The van der Waals surface area contributed by atoms with Gasteiger partial charge in [-0.25, -0.2) is 4.79 Å². The van der Waals surface area contributed by atoms with Gasteiger partial charge in [0.25, 0.3) is 0 Å². The predicted molar refractivity (Wildman–Crippen MR) is 104 cm³/mol. The molecule has 2 heterocycles. The number of amides is 1. The maximum Gasteiger partial charge on any atom is 0.417 e. The van der Waals surface area contributed by atoms with Gasteiger partial charge in [-0.3, -0.25) is 9.88 Å². The lowest BCUT2D eigenvalue weighted by molar-refractivity contribution is -0.137. The van der Waals surface area contributed by atoms with E-state index in [1.165, 1.54) is 6.07 Å². The van der Waals surface area contributed by atoms with Gasteiger partial charge >= 0.3 is 12.3 Å². The molecule has 1 aromatic heterocycles. The molecule has 0 aromatic carbocycles. The predicted octanol–water partition coefficient (Wildman–Crippen LogP) is 3.97. The molecular formula is C21H27F3N4O2. The number of hydrogen-bond donors (Lipinski definition) is 0. The smallest absolute Gasteiger partial charge is 0.417 e. The average molecular weight is 424 g/mol. The summed E-state index contributed by atoms with van der Waals surface area (Å²) in [4.78, 5) is 20.1. The second-order valence-electron chi connectivity index (χ2n) is 7.93. The van der Waals surface area contributed by atoms with E-state index >= 15 is 0 Å². The first-order valence-electron chi connectivity index (χ1n) is 10.4. The third kappa shape index (κ3) is 4.86. The zero-order valence-electron chi connectivity index (χ0n) is 17.1. The molecule has 1 aromatic rings. The minimum atomic E-state index is -4.44. The summed E-state index contributed by atoms with van der Waals surface area (Å²) in [5.41, 5.74) is -1.23. The number of carbonyl (C=O) groups excluding carboxylic acids is 1. The summed E-state index contributed by atoms with van der Waals surface area (Å²) in [6.07, 6.45) is -0.369. The van der Waals surface area contributed by atoms with Gasteiger partial charge in [0, 0.05) is 38.4 Å². The van der Waals surface area contributed by atoms with Crippen molar-refractivity contribution in [2.75, 3.05) is 32.8 Å². The minimum Gasteiger partial charge on any atom is -0.450 e. The molecule has 2 aliphatic rings. The van der Waals surface area contributed by atoms with E-state index in [1.54, 1.807) is 11.8 Å². The van der Waals surface area contributed by atoms with Crippen molar-refractivity contribution in [1.82, 2.24) is 14.8 Å². The normalized spacial score (nSPS) is 26.0. The van der Waals surface area contributed by atoms with Gasteiger partial charge < -0.3 is 9.64 Å². The molecule has 2 fully saturated rings. The Morgan fingerprint density at radius 1 is 1.27 bits per heavy atom. The summed E-state index contributed by atoms with van der Waals surface area (Å²) in [7, 11) is 0. The fourth-order valence-corrected chi connectivity index (χ4v) is 4.43. The second kappa shape index (κ2) is 9.21. The fraction of sp³-hybridized carbons (Fsp3) is 0.667. The summed E-state index contributed by atoms with van der Waals surface area (Å²) in [6, 6.07) is 4.98. The molecule has 0 N–H and O–H groups in total. The Morgan fingerprint density at radius 3 is 2.57 bits per heavy atom. The quantitative estimate of drug-likeness (QED) is 0.735. The Balaban J connectivity index is 1.61. The van der Waals surface area contributed by atoms with Crippen LogP contribution in [0.25, 0.3) is 0 Å². The lowest BCUT2D eigenvalue weighted by Gasteiger charge is -2.39. The molecule has 0 atom stereocenters. The van der Waals surface area contributed by atoms with E-state index in [0.717, 1.165) is 44.6 Å². The van der Waals surface area contributed by atoms with Gasteiger partial charge in [-0.05, 0) is 51.2 Å². The Morgan fingerprint density at radius 2 is 2.00 bits per heavy atom. The molecule has 6 nitrogen and oxygen atoms in total. The number of alkyl halides is 3. The number of aromatic nitrogens is 1. The van der Waals surface area contributed by atoms with Crippen LogP contribution in [0, 0.1) is 11.3 Å². The van der Waals surface area contributed by atoms with Gasteiger partial charge in [0.2, 0.25) is 0 Å². The molecule has 30 heavy (non-hydrogen) atoms. The zero-order valence-corrected chi connectivity index (χ0v) is 17.1. The molecule has 1 saturated carbocycles. The fourth-order valence-electron chi connectivity index (χ4n) is 4.43. The Kier molecular flexibility index (Phi) is 6.86. The highest BCUT2D eigenvalue weighted by atomic mass is 19.4. The zero-order chi connectivity index (χ0) is 21.8. The maximum atomic E-state index is 12.8. The molecule has 1 amide bonds. The average Bonchev–Trinajstić information content (AvgIpc) is 3.00. The maximum absolute atomic E-state index is 12.8. The molecule has 0 radical (unpaired) electrons. The van der Waals surface area contributed by atoms with E-state index in [4.69, 9.17) is 4.74 Å². The number of nitriles is 1. The van der Waals surface area contributed by atoms with Crippen LogP contribution in [0.3, 0.4) is 0 Å². The highest BCUT2D eigenvalue weighted by Crippen LogP contribution is 2.40. The topological polar surface area (TPSA) is 69.5 Å². The molecule has 9 heteroatoms. The van der Waals surface area contributed by atoms with Gasteiger partial charge in [0.15, 0.2) is 0 Å². The van der Waals surface area contributed by atoms with E-state index < -0.39 is 17.2 Å². The van der Waals surface area contributed by atoms with Crippen LogP contribution in [0.1, 0.15) is 50.3 Å². The van der Waals surface area contributed by atoms with Crippen LogP contribution < -0.4 is 0 Å². The van der Waals surface area contributed by atoms with Crippen molar-refractivity contribution in [2.24, 2.45) is 0 Å². The van der Waals surface area contributed by atoms with E-state index in [0.29, 0.717) is 44.3 Å². The first kappa shape index (κ1) is 22.3. The number of halogens is 3. The molecule has 1 saturated heterocycles. The van der Waals surface area contributed by atoms with E-state index in [-0.39, 0.29) is 6.09 Å². The van der Waals surface area contributed by atoms with Crippen molar-refractivity contribution in [3.05, 3.63) is 29.6 Å². The monoisotopic (exact) mass is 424 g/mol. The third-order valence-electron chi connectivity index (χ3n) is 6.18. The van der Waals surface area contributed by atoms with Crippen LogP contribution in [0.2, 0.25) is 0 Å². The number of ether oxygens (including phenoxy) is 1. The molecule has 1 aliphatic carbocycles. The van der Waals surface area contributed by atoms with E-state index in [9.17, 15) is 23.2 Å². The van der Waals surface area contributed by atoms with Crippen molar-refractivity contribution in [3.8, 4) is 6.07 Å². The Labute approximate surface area is 174 Å². The van der Waals surface area contributed by atoms with Crippen molar-refractivity contribution < 1.29 is 22.7 Å². The molecule has 0 spiro atoms. The number of carbonyl (C=O) groups is 1. The van der Waals surface area contributed by atoms with Crippen LogP contribution in [-0.4, -0.2) is 59.7 Å². The number of rotatable bonds is 3. The highest BCUT2D eigenvalue weighted by Gasteiger charge is 2.41. The largest absolute Gasteiger partial charge is 0.450 e. The van der Waals surface area contributed by atoms with Crippen LogP contribution in [0.5, 0.6) is 0 Å². The van der Waals surface area contributed by atoms with Gasteiger partial charge in [0.1, 0.15) is 0 Å². The van der Waals surface area contributed by atoms with Crippen molar-refractivity contribution >= 4 is 6.09 Å². The first-order chi connectivity index (χ1) is 14.3. The molecule has 1 aliphatic heterocycles. The SMILES string of the molecule is CCOC(=O)N1CCCN(C2CCC(C#N)(c3ccc(C(F)(F)F)cn3)CC2)CC1. The van der Waals surface area contributed by atoms with Crippen LogP contribution in [0.4, 0.5) is 18.0 Å². The van der Waals surface area contributed by atoms with Crippen molar-refractivity contribution in [3.63, 3.8) is 0 Å². The second-order valence-corrected chi connectivity index (χ2v) is 7.93. The van der Waals surface area contributed by atoms with E-state index in [2.05, 4.69) is 16.0 Å². The lowest BCUT2D eigenvalue weighted by atomic mass is 9.71.